The summed E-state index contributed by atoms with van der Waals surface area (Å²) in [6, 6.07) is -0.357. The molecule has 0 aromatic rings. The van der Waals surface area contributed by atoms with Gasteiger partial charge < -0.3 is 15.5 Å². The Labute approximate surface area is 127 Å². The van der Waals surface area contributed by atoms with Gasteiger partial charge in [0.25, 0.3) is 0 Å². The van der Waals surface area contributed by atoms with Crippen LogP contribution >= 0.6 is 0 Å². The van der Waals surface area contributed by atoms with Gasteiger partial charge in [0.05, 0.1) is 0 Å². The van der Waals surface area contributed by atoms with Gasteiger partial charge in [-0.2, -0.15) is 0 Å². The highest BCUT2D eigenvalue weighted by Gasteiger charge is 2.42. The molecule has 2 aliphatic rings. The number of amides is 2. The molecule has 1 aliphatic carbocycles. The van der Waals surface area contributed by atoms with Crippen molar-refractivity contribution in [3.63, 3.8) is 0 Å². The van der Waals surface area contributed by atoms with Crippen molar-refractivity contribution >= 4 is 11.8 Å². The molecule has 21 heavy (non-hydrogen) atoms. The van der Waals surface area contributed by atoms with Crippen molar-refractivity contribution in [1.29, 1.82) is 0 Å². The number of nitrogens with one attached hydrogen (secondary N) is 2. The second-order valence-electron chi connectivity index (χ2n) is 6.93. The van der Waals surface area contributed by atoms with E-state index in [1.807, 2.05) is 11.8 Å². The average Bonchev–Trinajstić information content (AvgIpc) is 2.46. The van der Waals surface area contributed by atoms with Crippen LogP contribution < -0.4 is 10.6 Å². The van der Waals surface area contributed by atoms with E-state index in [0.717, 1.165) is 25.8 Å². The Morgan fingerprint density at radius 3 is 2.76 bits per heavy atom. The van der Waals surface area contributed by atoms with Crippen LogP contribution in [0.2, 0.25) is 0 Å². The van der Waals surface area contributed by atoms with Crippen LogP contribution in [0.5, 0.6) is 0 Å². The molecule has 2 N–H and O–H groups in total. The highest BCUT2D eigenvalue weighted by Crippen LogP contribution is 2.41. The van der Waals surface area contributed by atoms with E-state index < -0.39 is 0 Å². The zero-order chi connectivity index (χ0) is 15.5. The third kappa shape index (κ3) is 3.57. The summed E-state index contributed by atoms with van der Waals surface area (Å²) in [5.74, 6) is 0.199. The second kappa shape index (κ2) is 6.77. The number of nitrogens with zero attached hydrogens (tertiary/aromatic N) is 1. The van der Waals surface area contributed by atoms with Crippen LogP contribution in [0.3, 0.4) is 0 Å². The molecule has 2 atom stereocenters. The van der Waals surface area contributed by atoms with Gasteiger partial charge in [-0.15, -0.1) is 0 Å². The molecule has 120 valence electrons. The van der Waals surface area contributed by atoms with Crippen molar-refractivity contribution < 1.29 is 9.59 Å². The van der Waals surface area contributed by atoms with Gasteiger partial charge in [-0.3, -0.25) is 9.59 Å². The molecule has 0 spiro atoms. The van der Waals surface area contributed by atoms with Crippen LogP contribution in [0.4, 0.5) is 0 Å². The summed E-state index contributed by atoms with van der Waals surface area (Å²) >= 11 is 0. The monoisotopic (exact) mass is 295 g/mol. The quantitative estimate of drug-likeness (QED) is 0.821. The number of carbonyl (C=O) groups is 2. The van der Waals surface area contributed by atoms with Crippen LogP contribution in [0.1, 0.15) is 46.5 Å². The Bertz CT molecular complexity index is 395. The summed E-state index contributed by atoms with van der Waals surface area (Å²) < 4.78 is 0. The molecule has 2 rings (SSSR count). The van der Waals surface area contributed by atoms with E-state index in [-0.39, 0.29) is 29.2 Å². The lowest BCUT2D eigenvalue weighted by molar-refractivity contribution is -0.149. The minimum absolute atomic E-state index is 0.0355. The number of piperazine rings is 1. The predicted molar refractivity (Wildman–Crippen MR) is 82.8 cm³/mol. The minimum Gasteiger partial charge on any atom is -0.355 e. The van der Waals surface area contributed by atoms with Gasteiger partial charge in [-0.25, -0.2) is 0 Å². The van der Waals surface area contributed by atoms with Crippen LogP contribution in [0, 0.1) is 11.3 Å². The molecule has 5 heteroatoms. The average molecular weight is 295 g/mol. The first kappa shape index (κ1) is 16.3. The zero-order valence-electron chi connectivity index (χ0n) is 13.6. The minimum atomic E-state index is -0.357. The van der Waals surface area contributed by atoms with Crippen molar-refractivity contribution in [2.75, 3.05) is 26.2 Å². The van der Waals surface area contributed by atoms with Crippen molar-refractivity contribution in [2.45, 2.75) is 52.5 Å². The third-order valence-electron chi connectivity index (χ3n) is 4.99. The topological polar surface area (TPSA) is 61.4 Å². The van der Waals surface area contributed by atoms with E-state index in [0.29, 0.717) is 19.6 Å². The largest absolute Gasteiger partial charge is 0.355 e. The highest BCUT2D eigenvalue weighted by molar-refractivity contribution is 5.89. The standard InChI is InChI=1S/C16H29N3O2/c1-4-18-14(20)13-11-17-9-10-19(13)15(21)12-7-5-6-8-16(12,2)3/h12-13,17H,4-11H2,1-3H3,(H,18,20). The van der Waals surface area contributed by atoms with Crippen molar-refractivity contribution in [3.8, 4) is 0 Å². The van der Waals surface area contributed by atoms with Crippen LogP contribution in [-0.2, 0) is 9.59 Å². The van der Waals surface area contributed by atoms with Gasteiger partial charge in [0.1, 0.15) is 6.04 Å². The maximum absolute atomic E-state index is 13.0. The Balaban J connectivity index is 2.12. The van der Waals surface area contributed by atoms with E-state index in [1.54, 1.807) is 0 Å². The molecular weight excluding hydrogens is 266 g/mol. The molecule has 1 saturated carbocycles. The number of hydrogen-bond acceptors (Lipinski definition) is 3. The maximum Gasteiger partial charge on any atom is 0.244 e. The van der Waals surface area contributed by atoms with E-state index >= 15 is 0 Å². The van der Waals surface area contributed by atoms with Gasteiger partial charge in [0.15, 0.2) is 0 Å². The molecule has 1 aliphatic heterocycles. The Morgan fingerprint density at radius 1 is 1.33 bits per heavy atom. The number of hydrogen-bond donors (Lipinski definition) is 2. The summed E-state index contributed by atoms with van der Waals surface area (Å²) in [7, 11) is 0. The molecule has 0 aromatic carbocycles. The van der Waals surface area contributed by atoms with Gasteiger partial charge in [0.2, 0.25) is 11.8 Å². The van der Waals surface area contributed by atoms with Gasteiger partial charge in [-0.05, 0) is 25.2 Å². The molecule has 2 unspecified atom stereocenters. The number of rotatable bonds is 3. The predicted octanol–water partition coefficient (Wildman–Crippen LogP) is 1.14. The van der Waals surface area contributed by atoms with Crippen LogP contribution in [0.25, 0.3) is 0 Å². The van der Waals surface area contributed by atoms with E-state index in [4.69, 9.17) is 0 Å². The first-order valence-electron chi connectivity index (χ1n) is 8.26. The Hall–Kier alpha value is -1.10. The molecular formula is C16H29N3O2. The summed E-state index contributed by atoms with van der Waals surface area (Å²) in [6.07, 6.45) is 4.38. The molecule has 0 bridgehead atoms. The summed E-state index contributed by atoms with van der Waals surface area (Å²) in [4.78, 5) is 27.0. The molecule has 1 heterocycles. The van der Waals surface area contributed by atoms with E-state index in [1.165, 1.54) is 6.42 Å². The highest BCUT2D eigenvalue weighted by atomic mass is 16.2. The fraction of sp³-hybridized carbons (Fsp3) is 0.875. The molecule has 0 aromatic heterocycles. The smallest absolute Gasteiger partial charge is 0.244 e. The van der Waals surface area contributed by atoms with Crippen LogP contribution in [0.15, 0.2) is 0 Å². The lowest BCUT2D eigenvalue weighted by Crippen LogP contribution is -2.61. The summed E-state index contributed by atoms with van der Waals surface area (Å²) in [5.41, 5.74) is 0.0476. The lowest BCUT2D eigenvalue weighted by atomic mass is 9.68. The lowest BCUT2D eigenvalue weighted by Gasteiger charge is -2.43. The van der Waals surface area contributed by atoms with Gasteiger partial charge >= 0.3 is 0 Å². The fourth-order valence-electron chi connectivity index (χ4n) is 3.65. The van der Waals surface area contributed by atoms with Crippen molar-refractivity contribution in [1.82, 2.24) is 15.5 Å². The van der Waals surface area contributed by atoms with Crippen molar-refractivity contribution in [3.05, 3.63) is 0 Å². The van der Waals surface area contributed by atoms with E-state index in [2.05, 4.69) is 24.5 Å². The SMILES string of the molecule is CCNC(=O)C1CNCCN1C(=O)C1CCCCC1(C)C. The van der Waals surface area contributed by atoms with E-state index in [9.17, 15) is 9.59 Å². The Morgan fingerprint density at radius 2 is 2.10 bits per heavy atom. The first-order chi connectivity index (χ1) is 9.97. The van der Waals surface area contributed by atoms with Crippen LogP contribution in [-0.4, -0.2) is 48.9 Å². The summed E-state index contributed by atoms with van der Waals surface area (Å²) in [6.45, 7) is 8.86. The molecule has 2 fully saturated rings. The molecule has 5 nitrogen and oxygen atoms in total. The molecule has 0 radical (unpaired) electrons. The third-order valence-corrected chi connectivity index (χ3v) is 4.99. The second-order valence-corrected chi connectivity index (χ2v) is 6.93. The van der Waals surface area contributed by atoms with Gasteiger partial charge in [-0.1, -0.05) is 26.7 Å². The molecule has 1 saturated heterocycles. The zero-order valence-corrected chi connectivity index (χ0v) is 13.6. The summed E-state index contributed by atoms with van der Waals surface area (Å²) in [5, 5.41) is 6.08. The number of carbonyl (C=O) groups excluding carboxylic acids is 2. The Kier molecular flexibility index (Phi) is 5.25. The molecule has 2 amide bonds. The fourth-order valence-corrected chi connectivity index (χ4v) is 3.65. The van der Waals surface area contributed by atoms with Crippen molar-refractivity contribution in [2.24, 2.45) is 11.3 Å². The maximum atomic E-state index is 13.0. The van der Waals surface area contributed by atoms with Gasteiger partial charge in [0, 0.05) is 32.1 Å². The first-order valence-corrected chi connectivity index (χ1v) is 8.26. The number of likely N-dealkylation sites (N-methyl/N-ethyl adjacent to an activating group) is 1. The normalized spacial score (nSPS) is 29.0.